The van der Waals surface area contributed by atoms with Gasteiger partial charge in [-0.05, 0) is 31.7 Å². The van der Waals surface area contributed by atoms with Crippen LogP contribution in [0, 0.1) is 12.8 Å². The summed E-state index contributed by atoms with van der Waals surface area (Å²) in [6.07, 6.45) is 4.28. The van der Waals surface area contributed by atoms with Crippen LogP contribution in [0.15, 0.2) is 24.3 Å². The van der Waals surface area contributed by atoms with Gasteiger partial charge >= 0.3 is 0 Å². The number of aryl methyl sites for hydroxylation is 1. The third-order valence-electron chi connectivity index (χ3n) is 3.68. The normalized spacial score (nSPS) is 17.3. The highest BCUT2D eigenvalue weighted by Gasteiger charge is 2.26. The van der Waals surface area contributed by atoms with Gasteiger partial charge in [0.1, 0.15) is 0 Å². The van der Waals surface area contributed by atoms with E-state index in [-0.39, 0.29) is 17.9 Å². The Bertz CT molecular complexity index is 378. The molecular weight excluding hydrogens is 210 g/mol. The molecule has 0 aromatic heterocycles. The molecule has 92 valence electrons. The van der Waals surface area contributed by atoms with Gasteiger partial charge in [-0.15, -0.1) is 0 Å². The van der Waals surface area contributed by atoms with Crippen molar-refractivity contribution in [3.05, 3.63) is 35.4 Å². The van der Waals surface area contributed by atoms with Crippen molar-refractivity contribution in [2.45, 2.75) is 45.6 Å². The fraction of sp³-hybridized carbons (Fsp3) is 0.533. The predicted octanol–water partition coefficient (Wildman–Crippen LogP) is 3.36. The fourth-order valence-corrected chi connectivity index (χ4v) is 2.18. The fourth-order valence-electron chi connectivity index (χ4n) is 2.18. The number of rotatable bonds is 4. The summed E-state index contributed by atoms with van der Waals surface area (Å²) < 4.78 is 0. The number of nitrogens with one attached hydrogen (secondary N) is 1. The lowest BCUT2D eigenvalue weighted by Crippen LogP contribution is -2.36. The molecule has 0 unspecified atom stereocenters. The zero-order chi connectivity index (χ0) is 12.3. The summed E-state index contributed by atoms with van der Waals surface area (Å²) in [7, 11) is 0. The van der Waals surface area contributed by atoms with Crippen LogP contribution in [0.2, 0.25) is 0 Å². The molecular formula is C15H21NO. The summed E-state index contributed by atoms with van der Waals surface area (Å²) in [5, 5.41) is 3.17. The molecule has 0 spiro atoms. The second-order valence-electron chi connectivity index (χ2n) is 5.01. The van der Waals surface area contributed by atoms with E-state index in [9.17, 15) is 4.79 Å². The summed E-state index contributed by atoms with van der Waals surface area (Å²) in [6, 6.07) is 8.61. The Labute approximate surface area is 103 Å². The first-order chi connectivity index (χ1) is 8.20. The quantitative estimate of drug-likeness (QED) is 0.845. The number of carbonyl (C=O) groups excluding carboxylic acids is 1. The van der Waals surface area contributed by atoms with Crippen molar-refractivity contribution in [2.75, 3.05) is 0 Å². The zero-order valence-corrected chi connectivity index (χ0v) is 10.7. The van der Waals surface area contributed by atoms with Crippen LogP contribution in [-0.2, 0) is 4.79 Å². The van der Waals surface area contributed by atoms with Crippen LogP contribution in [0.5, 0.6) is 0 Å². The molecule has 0 bridgehead atoms. The SMILES string of the molecule is CC[C@@H](NC(=O)C1CCC1)c1ccc(C)cc1. The average Bonchev–Trinajstić information content (AvgIpc) is 2.25. The third-order valence-corrected chi connectivity index (χ3v) is 3.68. The van der Waals surface area contributed by atoms with Gasteiger partial charge in [0.25, 0.3) is 0 Å². The van der Waals surface area contributed by atoms with Crippen LogP contribution >= 0.6 is 0 Å². The van der Waals surface area contributed by atoms with Crippen LogP contribution < -0.4 is 5.32 Å². The first-order valence-corrected chi connectivity index (χ1v) is 6.57. The Hall–Kier alpha value is -1.31. The minimum atomic E-state index is 0.170. The molecule has 1 amide bonds. The molecule has 1 atom stereocenters. The van der Waals surface area contributed by atoms with E-state index in [0.29, 0.717) is 0 Å². The summed E-state index contributed by atoms with van der Waals surface area (Å²) >= 11 is 0. The molecule has 2 nitrogen and oxygen atoms in total. The van der Waals surface area contributed by atoms with E-state index in [2.05, 4.69) is 43.4 Å². The van der Waals surface area contributed by atoms with Crippen LogP contribution in [-0.4, -0.2) is 5.91 Å². The zero-order valence-electron chi connectivity index (χ0n) is 10.7. The van der Waals surface area contributed by atoms with E-state index >= 15 is 0 Å². The molecule has 1 saturated carbocycles. The van der Waals surface area contributed by atoms with Crippen molar-refractivity contribution < 1.29 is 4.79 Å². The van der Waals surface area contributed by atoms with Crippen molar-refractivity contribution >= 4 is 5.91 Å². The lowest BCUT2D eigenvalue weighted by atomic mass is 9.84. The number of benzene rings is 1. The molecule has 1 aromatic carbocycles. The molecule has 1 aliphatic carbocycles. The lowest BCUT2D eigenvalue weighted by molar-refractivity contribution is -0.128. The monoisotopic (exact) mass is 231 g/mol. The Kier molecular flexibility index (Phi) is 3.82. The Morgan fingerprint density at radius 2 is 2.00 bits per heavy atom. The summed E-state index contributed by atoms with van der Waals surface area (Å²) in [5.74, 6) is 0.512. The van der Waals surface area contributed by atoms with Crippen molar-refractivity contribution in [3.63, 3.8) is 0 Å². The first-order valence-electron chi connectivity index (χ1n) is 6.57. The molecule has 0 radical (unpaired) electrons. The molecule has 17 heavy (non-hydrogen) atoms. The van der Waals surface area contributed by atoms with E-state index in [1.54, 1.807) is 0 Å². The van der Waals surface area contributed by atoms with Crippen LogP contribution in [0.25, 0.3) is 0 Å². The van der Waals surface area contributed by atoms with Gasteiger partial charge in [-0.2, -0.15) is 0 Å². The van der Waals surface area contributed by atoms with Gasteiger partial charge in [-0.25, -0.2) is 0 Å². The predicted molar refractivity (Wildman–Crippen MR) is 69.7 cm³/mol. The Morgan fingerprint density at radius 3 is 2.47 bits per heavy atom. The molecule has 0 heterocycles. The van der Waals surface area contributed by atoms with Crippen molar-refractivity contribution in [1.29, 1.82) is 0 Å². The summed E-state index contributed by atoms with van der Waals surface area (Å²) in [4.78, 5) is 11.9. The molecule has 1 fully saturated rings. The van der Waals surface area contributed by atoms with E-state index in [0.717, 1.165) is 19.3 Å². The summed E-state index contributed by atoms with van der Waals surface area (Å²) in [6.45, 7) is 4.20. The largest absolute Gasteiger partial charge is 0.349 e. The molecule has 2 heteroatoms. The highest BCUT2D eigenvalue weighted by Crippen LogP contribution is 2.27. The van der Waals surface area contributed by atoms with Gasteiger partial charge in [0.15, 0.2) is 0 Å². The van der Waals surface area contributed by atoms with Crippen LogP contribution in [0.4, 0.5) is 0 Å². The highest BCUT2D eigenvalue weighted by atomic mass is 16.2. The van der Waals surface area contributed by atoms with Crippen LogP contribution in [0.3, 0.4) is 0 Å². The maximum absolute atomic E-state index is 11.9. The van der Waals surface area contributed by atoms with Gasteiger partial charge in [-0.1, -0.05) is 43.2 Å². The molecule has 2 rings (SSSR count). The summed E-state index contributed by atoms with van der Waals surface area (Å²) in [5.41, 5.74) is 2.47. The molecule has 0 aliphatic heterocycles. The van der Waals surface area contributed by atoms with Gasteiger partial charge in [0.05, 0.1) is 6.04 Å². The van der Waals surface area contributed by atoms with Crippen molar-refractivity contribution in [1.82, 2.24) is 5.32 Å². The van der Waals surface area contributed by atoms with Crippen molar-refractivity contribution in [3.8, 4) is 0 Å². The van der Waals surface area contributed by atoms with E-state index in [4.69, 9.17) is 0 Å². The minimum Gasteiger partial charge on any atom is -0.349 e. The van der Waals surface area contributed by atoms with Crippen molar-refractivity contribution in [2.24, 2.45) is 5.92 Å². The highest BCUT2D eigenvalue weighted by molar-refractivity contribution is 5.79. The Balaban J connectivity index is 2.00. The lowest BCUT2D eigenvalue weighted by Gasteiger charge is -2.27. The minimum absolute atomic E-state index is 0.170. The number of carbonyl (C=O) groups is 1. The number of hydrogen-bond donors (Lipinski definition) is 1. The maximum Gasteiger partial charge on any atom is 0.223 e. The molecule has 1 aromatic rings. The topological polar surface area (TPSA) is 29.1 Å². The average molecular weight is 231 g/mol. The maximum atomic E-state index is 11.9. The second-order valence-corrected chi connectivity index (χ2v) is 5.01. The molecule has 0 saturated heterocycles. The van der Waals surface area contributed by atoms with E-state index in [1.807, 2.05) is 0 Å². The van der Waals surface area contributed by atoms with E-state index in [1.165, 1.54) is 17.5 Å². The second kappa shape index (κ2) is 5.35. The smallest absolute Gasteiger partial charge is 0.223 e. The third kappa shape index (κ3) is 2.87. The Morgan fingerprint density at radius 1 is 1.35 bits per heavy atom. The first kappa shape index (κ1) is 12.2. The molecule has 1 N–H and O–H groups in total. The van der Waals surface area contributed by atoms with E-state index < -0.39 is 0 Å². The van der Waals surface area contributed by atoms with Gasteiger partial charge in [-0.3, -0.25) is 4.79 Å². The van der Waals surface area contributed by atoms with Gasteiger partial charge in [0.2, 0.25) is 5.91 Å². The number of hydrogen-bond acceptors (Lipinski definition) is 1. The molecule has 1 aliphatic rings. The van der Waals surface area contributed by atoms with Crippen LogP contribution in [0.1, 0.15) is 49.8 Å². The van der Waals surface area contributed by atoms with Gasteiger partial charge < -0.3 is 5.32 Å². The van der Waals surface area contributed by atoms with Gasteiger partial charge in [0, 0.05) is 5.92 Å². The standard InChI is InChI=1S/C15H21NO/c1-3-14(12-9-7-11(2)8-10-12)16-15(17)13-5-4-6-13/h7-10,13-14H,3-6H2,1-2H3,(H,16,17)/t14-/m1/s1. The number of amides is 1.